The number of hydrogen-bond acceptors (Lipinski definition) is 4. The molecule has 0 aromatic carbocycles. The first-order valence-electron chi connectivity index (χ1n) is 6.29. The molecule has 2 rings (SSSR count). The first-order valence-corrected chi connectivity index (χ1v) is 7.44. The molecule has 1 spiro atoms. The van der Waals surface area contributed by atoms with Crippen molar-refractivity contribution in [1.82, 2.24) is 4.90 Å². The highest BCUT2D eigenvalue weighted by Gasteiger charge is 2.41. The number of likely N-dealkylation sites (N-methyl/N-ethyl adjacent to an activating group) is 1. The van der Waals surface area contributed by atoms with Crippen molar-refractivity contribution in [3.63, 3.8) is 0 Å². The Kier molecular flexibility index (Phi) is 4.16. The maximum atomic E-state index is 6.03. The van der Waals surface area contributed by atoms with Crippen LogP contribution in [0, 0.1) is 0 Å². The Bertz CT molecular complexity index is 229. The van der Waals surface area contributed by atoms with Gasteiger partial charge >= 0.3 is 0 Å². The monoisotopic (exact) mass is 244 g/mol. The van der Waals surface area contributed by atoms with Crippen LogP contribution in [0.4, 0.5) is 0 Å². The van der Waals surface area contributed by atoms with Gasteiger partial charge in [-0.25, -0.2) is 0 Å². The van der Waals surface area contributed by atoms with Crippen LogP contribution < -0.4 is 5.73 Å². The van der Waals surface area contributed by atoms with Gasteiger partial charge in [-0.2, -0.15) is 11.8 Å². The fourth-order valence-corrected chi connectivity index (χ4v) is 4.22. The average molecular weight is 244 g/mol. The Balaban J connectivity index is 1.90. The van der Waals surface area contributed by atoms with Crippen molar-refractivity contribution in [2.24, 2.45) is 5.73 Å². The van der Waals surface area contributed by atoms with Gasteiger partial charge in [0.2, 0.25) is 0 Å². The van der Waals surface area contributed by atoms with Gasteiger partial charge in [-0.05, 0) is 39.0 Å². The van der Waals surface area contributed by atoms with Gasteiger partial charge in [-0.3, -0.25) is 0 Å². The Hall–Kier alpha value is 0.230. The van der Waals surface area contributed by atoms with Crippen LogP contribution in [0.1, 0.15) is 26.2 Å². The van der Waals surface area contributed by atoms with Crippen LogP contribution in [0.5, 0.6) is 0 Å². The quantitative estimate of drug-likeness (QED) is 0.812. The highest BCUT2D eigenvalue weighted by molar-refractivity contribution is 7.99. The lowest BCUT2D eigenvalue weighted by molar-refractivity contribution is -0.0867. The minimum Gasteiger partial charge on any atom is -0.374 e. The van der Waals surface area contributed by atoms with Crippen LogP contribution in [-0.4, -0.2) is 54.3 Å². The Morgan fingerprint density at radius 3 is 3.06 bits per heavy atom. The third-order valence-corrected chi connectivity index (χ3v) is 4.96. The van der Waals surface area contributed by atoms with Gasteiger partial charge in [0.25, 0.3) is 0 Å². The maximum Gasteiger partial charge on any atom is 0.0795 e. The third kappa shape index (κ3) is 2.92. The van der Waals surface area contributed by atoms with E-state index in [9.17, 15) is 0 Å². The van der Waals surface area contributed by atoms with Crippen LogP contribution in [-0.2, 0) is 4.74 Å². The molecule has 3 atom stereocenters. The molecule has 0 aromatic rings. The first kappa shape index (κ1) is 12.7. The highest BCUT2D eigenvalue weighted by Crippen LogP contribution is 2.39. The zero-order valence-corrected chi connectivity index (χ0v) is 11.3. The van der Waals surface area contributed by atoms with Crippen molar-refractivity contribution in [1.29, 1.82) is 0 Å². The predicted molar refractivity (Wildman–Crippen MR) is 69.9 cm³/mol. The molecule has 0 saturated carbocycles. The molecule has 2 saturated heterocycles. The summed E-state index contributed by atoms with van der Waals surface area (Å²) in [7, 11) is 2.20. The molecular formula is C12H24N2OS. The number of rotatable bonds is 3. The molecule has 4 heteroatoms. The fourth-order valence-electron chi connectivity index (χ4n) is 2.84. The van der Waals surface area contributed by atoms with Crippen LogP contribution >= 0.6 is 11.8 Å². The van der Waals surface area contributed by atoms with E-state index in [0.717, 1.165) is 19.6 Å². The largest absolute Gasteiger partial charge is 0.374 e. The number of thioether (sulfide) groups is 1. The van der Waals surface area contributed by atoms with E-state index in [-0.39, 0.29) is 11.6 Å². The Morgan fingerprint density at radius 1 is 1.62 bits per heavy atom. The number of ether oxygens (including phenoxy) is 1. The summed E-state index contributed by atoms with van der Waals surface area (Å²) < 4.78 is 6.03. The molecule has 0 aromatic heterocycles. The van der Waals surface area contributed by atoms with Crippen LogP contribution in [0.3, 0.4) is 0 Å². The molecule has 94 valence electrons. The number of nitrogens with two attached hydrogens (primary N) is 1. The minimum absolute atomic E-state index is 0.194. The predicted octanol–water partition coefficient (Wildman–Crippen LogP) is 1.32. The topological polar surface area (TPSA) is 38.5 Å². The van der Waals surface area contributed by atoms with Crippen molar-refractivity contribution < 1.29 is 4.74 Å². The van der Waals surface area contributed by atoms with Crippen molar-refractivity contribution in [2.45, 2.75) is 43.9 Å². The molecular weight excluding hydrogens is 220 g/mol. The summed E-state index contributed by atoms with van der Waals surface area (Å²) in [5, 5.41) is 0. The van der Waals surface area contributed by atoms with E-state index in [4.69, 9.17) is 10.5 Å². The average Bonchev–Trinajstić information content (AvgIpc) is 2.65. The molecule has 2 N–H and O–H groups in total. The van der Waals surface area contributed by atoms with Gasteiger partial charge in [0.05, 0.1) is 5.60 Å². The fraction of sp³-hybridized carbons (Fsp3) is 1.00. The lowest BCUT2D eigenvalue weighted by Gasteiger charge is -2.41. The van der Waals surface area contributed by atoms with E-state index in [1.165, 1.54) is 24.3 Å². The zero-order valence-electron chi connectivity index (χ0n) is 10.4. The molecule has 2 aliphatic rings. The van der Waals surface area contributed by atoms with Gasteiger partial charge in [0.15, 0.2) is 0 Å². The molecule has 0 aliphatic carbocycles. The van der Waals surface area contributed by atoms with E-state index in [1.807, 2.05) is 11.8 Å². The van der Waals surface area contributed by atoms with Crippen molar-refractivity contribution in [3.05, 3.63) is 0 Å². The van der Waals surface area contributed by atoms with Gasteiger partial charge in [-0.1, -0.05) is 0 Å². The maximum absolute atomic E-state index is 6.03. The van der Waals surface area contributed by atoms with Crippen LogP contribution in [0.2, 0.25) is 0 Å². The van der Waals surface area contributed by atoms with Crippen molar-refractivity contribution in [2.75, 3.05) is 31.7 Å². The second kappa shape index (κ2) is 5.25. The van der Waals surface area contributed by atoms with Gasteiger partial charge in [0.1, 0.15) is 0 Å². The van der Waals surface area contributed by atoms with Crippen LogP contribution in [0.15, 0.2) is 0 Å². The van der Waals surface area contributed by atoms with Gasteiger partial charge in [0, 0.05) is 31.0 Å². The summed E-state index contributed by atoms with van der Waals surface area (Å²) >= 11 is 2.04. The van der Waals surface area contributed by atoms with E-state index in [1.54, 1.807) is 0 Å². The molecule has 0 bridgehead atoms. The van der Waals surface area contributed by atoms with Crippen molar-refractivity contribution >= 4 is 11.8 Å². The normalized spacial score (nSPS) is 37.1. The SMILES string of the molecule is CC(N)CN(C)C1CCOC2(CCSC2)C1. The summed E-state index contributed by atoms with van der Waals surface area (Å²) in [5.74, 6) is 2.46. The Labute approximate surface area is 103 Å². The van der Waals surface area contributed by atoms with E-state index in [2.05, 4.69) is 18.9 Å². The zero-order chi connectivity index (χ0) is 11.6. The summed E-state index contributed by atoms with van der Waals surface area (Å²) in [5.41, 5.74) is 6.06. The summed E-state index contributed by atoms with van der Waals surface area (Å²) in [6.07, 6.45) is 3.60. The number of nitrogens with zero attached hydrogens (tertiary/aromatic N) is 1. The molecule has 2 aliphatic heterocycles. The van der Waals surface area contributed by atoms with Gasteiger partial charge in [-0.15, -0.1) is 0 Å². The van der Waals surface area contributed by atoms with Gasteiger partial charge < -0.3 is 15.4 Å². The smallest absolute Gasteiger partial charge is 0.0795 e. The molecule has 3 unspecified atom stereocenters. The molecule has 16 heavy (non-hydrogen) atoms. The van der Waals surface area contributed by atoms with E-state index >= 15 is 0 Å². The molecule has 2 heterocycles. The van der Waals surface area contributed by atoms with Crippen molar-refractivity contribution in [3.8, 4) is 0 Å². The summed E-state index contributed by atoms with van der Waals surface area (Å²) in [4.78, 5) is 2.43. The summed E-state index contributed by atoms with van der Waals surface area (Å²) in [6.45, 7) is 4.00. The van der Waals surface area contributed by atoms with E-state index in [0.29, 0.717) is 6.04 Å². The highest BCUT2D eigenvalue weighted by atomic mass is 32.2. The van der Waals surface area contributed by atoms with E-state index < -0.39 is 0 Å². The number of hydrogen-bond donors (Lipinski definition) is 1. The lowest BCUT2D eigenvalue weighted by atomic mass is 9.89. The molecule has 3 nitrogen and oxygen atoms in total. The second-order valence-corrected chi connectivity index (χ2v) is 6.50. The molecule has 0 radical (unpaired) electrons. The summed E-state index contributed by atoms with van der Waals surface area (Å²) in [6, 6.07) is 0.931. The molecule has 2 fully saturated rings. The standard InChI is InChI=1S/C12H24N2OS/c1-10(13)8-14(2)11-3-5-15-12(7-11)4-6-16-9-12/h10-11H,3-9,13H2,1-2H3. The van der Waals surface area contributed by atoms with Crippen LogP contribution in [0.25, 0.3) is 0 Å². The first-order chi connectivity index (χ1) is 7.61. The lowest BCUT2D eigenvalue weighted by Crippen LogP contribution is -2.49. The third-order valence-electron chi connectivity index (χ3n) is 3.73. The Morgan fingerprint density at radius 2 is 2.44 bits per heavy atom. The second-order valence-electron chi connectivity index (χ2n) is 5.40. The minimum atomic E-state index is 0.194. The molecule has 0 amide bonds.